The van der Waals surface area contributed by atoms with Gasteiger partial charge in [-0.2, -0.15) is 0 Å². The summed E-state index contributed by atoms with van der Waals surface area (Å²) >= 11 is 11.6. The van der Waals surface area contributed by atoms with Crippen LogP contribution in [-0.4, -0.2) is 13.2 Å². The fourth-order valence-corrected chi connectivity index (χ4v) is 1.78. The van der Waals surface area contributed by atoms with E-state index in [4.69, 9.17) is 44.1 Å². The van der Waals surface area contributed by atoms with Crippen LogP contribution in [0, 0.1) is 0 Å². The van der Waals surface area contributed by atoms with Crippen molar-refractivity contribution in [1.82, 2.24) is 0 Å². The molecule has 2 aromatic carbocycles. The fourth-order valence-electron chi connectivity index (χ4n) is 1.54. The van der Waals surface area contributed by atoms with Gasteiger partial charge in [-0.25, -0.2) is 0 Å². The lowest BCUT2D eigenvalue weighted by molar-refractivity contribution is 0.217. The van der Waals surface area contributed by atoms with Gasteiger partial charge in [-0.3, -0.25) is 0 Å². The lowest BCUT2D eigenvalue weighted by Gasteiger charge is -2.10. The van der Waals surface area contributed by atoms with Gasteiger partial charge in [0.1, 0.15) is 24.7 Å². The van der Waals surface area contributed by atoms with Crippen molar-refractivity contribution in [2.24, 2.45) is 0 Å². The van der Waals surface area contributed by atoms with Crippen LogP contribution >= 0.6 is 23.2 Å². The number of anilines is 2. The van der Waals surface area contributed by atoms with Crippen molar-refractivity contribution in [3.8, 4) is 11.5 Å². The van der Waals surface area contributed by atoms with Crippen LogP contribution < -0.4 is 20.9 Å². The second kappa shape index (κ2) is 6.59. The maximum Gasteiger partial charge on any atom is 0.122 e. The first-order chi connectivity index (χ1) is 9.56. The predicted octanol–water partition coefficient (Wildman–Crippen LogP) is 3.62. The van der Waals surface area contributed by atoms with Crippen molar-refractivity contribution >= 4 is 34.6 Å². The summed E-state index contributed by atoms with van der Waals surface area (Å²) in [4.78, 5) is 0. The number of benzene rings is 2. The number of ether oxygens (including phenoxy) is 2. The molecule has 0 radical (unpaired) electrons. The molecule has 0 saturated heterocycles. The Bertz CT molecular complexity index is 552. The van der Waals surface area contributed by atoms with Crippen LogP contribution in [0.2, 0.25) is 10.0 Å². The number of halogens is 2. The Morgan fingerprint density at radius 1 is 0.750 bits per heavy atom. The number of nitrogens with two attached hydrogens (primary N) is 2. The minimum absolute atomic E-state index is 0.379. The highest BCUT2D eigenvalue weighted by atomic mass is 35.5. The molecule has 0 heterocycles. The number of nitrogen functional groups attached to an aromatic ring is 2. The lowest BCUT2D eigenvalue weighted by Crippen LogP contribution is -2.09. The summed E-state index contributed by atoms with van der Waals surface area (Å²) in [5.41, 5.74) is 12.3. The Labute approximate surface area is 127 Å². The van der Waals surface area contributed by atoms with Crippen LogP contribution in [0.1, 0.15) is 0 Å². The molecule has 6 heteroatoms. The van der Waals surface area contributed by atoms with Gasteiger partial charge in [-0.05, 0) is 24.3 Å². The van der Waals surface area contributed by atoms with Gasteiger partial charge in [-0.1, -0.05) is 23.2 Å². The minimum atomic E-state index is 0.379. The van der Waals surface area contributed by atoms with Gasteiger partial charge in [0.05, 0.1) is 21.4 Å². The summed E-state index contributed by atoms with van der Waals surface area (Å²) in [6.07, 6.45) is 0. The van der Waals surface area contributed by atoms with E-state index in [1.54, 1.807) is 36.4 Å². The Hall–Kier alpha value is -1.78. The maximum atomic E-state index is 5.82. The Kier molecular flexibility index (Phi) is 4.82. The maximum absolute atomic E-state index is 5.82. The fraction of sp³-hybridized carbons (Fsp3) is 0.143. The van der Waals surface area contributed by atoms with Crippen LogP contribution in [0.5, 0.6) is 11.5 Å². The zero-order valence-electron chi connectivity index (χ0n) is 10.6. The largest absolute Gasteiger partial charge is 0.490 e. The topological polar surface area (TPSA) is 70.5 Å². The van der Waals surface area contributed by atoms with Gasteiger partial charge in [0.2, 0.25) is 0 Å². The monoisotopic (exact) mass is 312 g/mol. The highest BCUT2D eigenvalue weighted by molar-refractivity contribution is 6.33. The molecule has 4 N–H and O–H groups in total. The standard InChI is InChI=1S/C14H14Cl2N2O2/c15-11-3-1-9(7-13(11)17)19-5-6-20-10-2-4-12(16)14(18)8-10/h1-4,7-8H,5-6,17-18H2. The molecule has 0 aliphatic rings. The molecule has 20 heavy (non-hydrogen) atoms. The van der Waals surface area contributed by atoms with E-state index in [9.17, 15) is 0 Å². The van der Waals surface area contributed by atoms with E-state index in [2.05, 4.69) is 0 Å². The molecule has 0 saturated carbocycles. The van der Waals surface area contributed by atoms with E-state index in [0.717, 1.165) is 0 Å². The second-order valence-corrected chi connectivity index (χ2v) is 4.88. The third-order valence-corrected chi connectivity index (χ3v) is 3.24. The van der Waals surface area contributed by atoms with Crippen molar-refractivity contribution in [3.63, 3.8) is 0 Å². The number of hydrogen-bond donors (Lipinski definition) is 2. The number of hydrogen-bond acceptors (Lipinski definition) is 4. The first-order valence-corrected chi connectivity index (χ1v) is 6.67. The second-order valence-electron chi connectivity index (χ2n) is 4.06. The smallest absolute Gasteiger partial charge is 0.122 e. The van der Waals surface area contributed by atoms with E-state index in [1.165, 1.54) is 0 Å². The molecular weight excluding hydrogens is 299 g/mol. The molecule has 106 valence electrons. The summed E-state index contributed by atoms with van der Waals surface area (Å²) in [6.45, 7) is 0.757. The highest BCUT2D eigenvalue weighted by Gasteiger charge is 2.01. The van der Waals surface area contributed by atoms with Crippen LogP contribution in [0.15, 0.2) is 36.4 Å². The van der Waals surface area contributed by atoms with Crippen LogP contribution in [0.3, 0.4) is 0 Å². The summed E-state index contributed by atoms with van der Waals surface area (Å²) in [5, 5.41) is 1.01. The average molecular weight is 313 g/mol. The minimum Gasteiger partial charge on any atom is -0.490 e. The van der Waals surface area contributed by atoms with E-state index >= 15 is 0 Å². The van der Waals surface area contributed by atoms with Gasteiger partial charge in [0.15, 0.2) is 0 Å². The van der Waals surface area contributed by atoms with Gasteiger partial charge in [-0.15, -0.1) is 0 Å². The molecule has 2 aromatic rings. The molecule has 0 unspecified atom stereocenters. The molecule has 2 rings (SSSR count). The summed E-state index contributed by atoms with van der Waals surface area (Å²) in [6, 6.07) is 10.2. The highest BCUT2D eigenvalue weighted by Crippen LogP contribution is 2.25. The van der Waals surface area contributed by atoms with E-state index in [1.807, 2.05) is 0 Å². The zero-order valence-corrected chi connectivity index (χ0v) is 12.1. The molecule has 0 bridgehead atoms. The SMILES string of the molecule is Nc1cc(OCCOc2ccc(Cl)c(N)c2)ccc1Cl. The van der Waals surface area contributed by atoms with Gasteiger partial charge < -0.3 is 20.9 Å². The van der Waals surface area contributed by atoms with Crippen molar-refractivity contribution in [3.05, 3.63) is 46.4 Å². The van der Waals surface area contributed by atoms with Crippen molar-refractivity contribution < 1.29 is 9.47 Å². The molecule has 0 aromatic heterocycles. The third kappa shape index (κ3) is 3.85. The zero-order chi connectivity index (χ0) is 14.5. The molecule has 0 fully saturated rings. The Balaban J connectivity index is 1.81. The molecule has 4 nitrogen and oxygen atoms in total. The molecule has 0 amide bonds. The molecule has 0 aliphatic heterocycles. The molecule has 0 spiro atoms. The summed E-state index contributed by atoms with van der Waals surface area (Å²) < 4.78 is 11.0. The first kappa shape index (κ1) is 14.6. The van der Waals surface area contributed by atoms with Crippen LogP contribution in [0.4, 0.5) is 11.4 Å². The quantitative estimate of drug-likeness (QED) is 0.653. The van der Waals surface area contributed by atoms with Gasteiger partial charge in [0, 0.05) is 12.1 Å². The lowest BCUT2D eigenvalue weighted by atomic mass is 10.3. The predicted molar refractivity (Wildman–Crippen MR) is 82.7 cm³/mol. The van der Waals surface area contributed by atoms with E-state index in [0.29, 0.717) is 46.1 Å². The Morgan fingerprint density at radius 2 is 1.15 bits per heavy atom. The van der Waals surface area contributed by atoms with Gasteiger partial charge >= 0.3 is 0 Å². The van der Waals surface area contributed by atoms with E-state index in [-0.39, 0.29) is 0 Å². The normalized spacial score (nSPS) is 10.3. The van der Waals surface area contributed by atoms with E-state index < -0.39 is 0 Å². The van der Waals surface area contributed by atoms with Crippen LogP contribution in [-0.2, 0) is 0 Å². The average Bonchev–Trinajstić information content (AvgIpc) is 2.42. The summed E-state index contributed by atoms with van der Waals surface area (Å²) in [5.74, 6) is 1.29. The molecule has 0 aliphatic carbocycles. The van der Waals surface area contributed by atoms with Gasteiger partial charge in [0.25, 0.3) is 0 Å². The van der Waals surface area contributed by atoms with Crippen molar-refractivity contribution in [2.45, 2.75) is 0 Å². The molecule has 0 atom stereocenters. The van der Waals surface area contributed by atoms with Crippen LogP contribution in [0.25, 0.3) is 0 Å². The Morgan fingerprint density at radius 3 is 1.50 bits per heavy atom. The first-order valence-electron chi connectivity index (χ1n) is 5.92. The number of rotatable bonds is 5. The summed E-state index contributed by atoms with van der Waals surface area (Å²) in [7, 11) is 0. The third-order valence-electron chi connectivity index (χ3n) is 2.56. The van der Waals surface area contributed by atoms with Crippen molar-refractivity contribution in [2.75, 3.05) is 24.7 Å². The van der Waals surface area contributed by atoms with Crippen molar-refractivity contribution in [1.29, 1.82) is 0 Å². The molecular formula is C14H14Cl2N2O2.